The molecule has 1 nitrogen and oxygen atoms in total. The summed E-state index contributed by atoms with van der Waals surface area (Å²) in [5.41, 5.74) is 0. The molecule has 0 aromatic heterocycles. The average Bonchev–Trinajstić information content (AvgIpc) is 1.89. The maximum Gasteiger partial charge on any atom is 0.133 e. The molecule has 0 aromatic rings. The Bertz CT molecular complexity index is 98.4. The van der Waals surface area contributed by atoms with E-state index in [1.54, 1.807) is 11.8 Å². The van der Waals surface area contributed by atoms with Gasteiger partial charge in [-0.05, 0) is 12.2 Å². The first-order valence-electron chi connectivity index (χ1n) is 3.71. The van der Waals surface area contributed by atoms with Gasteiger partial charge in [0.25, 0.3) is 0 Å². The fourth-order valence-corrected chi connectivity index (χ4v) is 1.47. The van der Waals surface area contributed by atoms with E-state index in [0.717, 1.165) is 16.6 Å². The summed E-state index contributed by atoms with van der Waals surface area (Å²) in [7, 11) is 0. The molecular weight excluding hydrogens is 228 g/mol. The first-order valence-corrected chi connectivity index (χ1v) is 5.11. The number of thioether (sulfide) groups is 1. The van der Waals surface area contributed by atoms with Crippen molar-refractivity contribution in [2.24, 2.45) is 0 Å². The van der Waals surface area contributed by atoms with Crippen molar-refractivity contribution in [1.29, 1.82) is 0 Å². The average molecular weight is 243 g/mol. The van der Waals surface area contributed by atoms with E-state index >= 15 is 0 Å². The Morgan fingerprint density at radius 2 is 2.09 bits per heavy atom. The maximum atomic E-state index is 5.02. The Kier molecular flexibility index (Phi) is 14.2. The summed E-state index contributed by atoms with van der Waals surface area (Å²) in [6.45, 7) is 5.32. The van der Waals surface area contributed by atoms with Gasteiger partial charge in [0.15, 0.2) is 0 Å². The zero-order chi connectivity index (χ0) is 7.82. The SMILES string of the molecule is CCCCNC(=S)SCC.[Zn]. The number of hydrogen-bond donors (Lipinski definition) is 1. The molecule has 0 heterocycles. The summed E-state index contributed by atoms with van der Waals surface area (Å²) in [6.07, 6.45) is 2.44. The van der Waals surface area contributed by atoms with Crippen LogP contribution >= 0.6 is 24.0 Å². The van der Waals surface area contributed by atoms with Gasteiger partial charge in [-0.3, -0.25) is 0 Å². The second kappa shape index (κ2) is 10.9. The summed E-state index contributed by atoms with van der Waals surface area (Å²) in [5.74, 6) is 1.07. The molecule has 1 N–H and O–H groups in total. The van der Waals surface area contributed by atoms with Gasteiger partial charge in [0.1, 0.15) is 4.32 Å². The molecule has 0 atom stereocenters. The molecule has 0 saturated carbocycles. The number of rotatable bonds is 4. The first kappa shape index (κ1) is 14.4. The van der Waals surface area contributed by atoms with Gasteiger partial charge in [0, 0.05) is 26.0 Å². The molecule has 0 amide bonds. The minimum Gasteiger partial charge on any atom is -0.371 e. The fraction of sp³-hybridized carbons (Fsp3) is 0.857. The van der Waals surface area contributed by atoms with Gasteiger partial charge in [-0.2, -0.15) is 0 Å². The van der Waals surface area contributed by atoms with Crippen LogP contribution in [0.5, 0.6) is 0 Å². The number of unbranched alkanes of at least 4 members (excludes halogenated alkanes) is 1. The van der Waals surface area contributed by atoms with Crippen LogP contribution < -0.4 is 5.32 Å². The molecule has 0 fully saturated rings. The molecule has 11 heavy (non-hydrogen) atoms. The second-order valence-corrected chi connectivity index (χ2v) is 3.94. The quantitative estimate of drug-likeness (QED) is 0.462. The van der Waals surface area contributed by atoms with Gasteiger partial charge >= 0.3 is 0 Å². The first-order chi connectivity index (χ1) is 4.81. The van der Waals surface area contributed by atoms with Crippen molar-refractivity contribution in [3.8, 4) is 0 Å². The van der Waals surface area contributed by atoms with Gasteiger partial charge in [0.2, 0.25) is 0 Å². The van der Waals surface area contributed by atoms with Gasteiger partial charge in [0.05, 0.1) is 0 Å². The van der Waals surface area contributed by atoms with E-state index in [-0.39, 0.29) is 19.5 Å². The number of nitrogens with one attached hydrogen (secondary N) is 1. The zero-order valence-electron chi connectivity index (χ0n) is 7.35. The van der Waals surface area contributed by atoms with Crippen LogP contribution in [0.4, 0.5) is 0 Å². The molecule has 0 aliphatic heterocycles. The predicted molar refractivity (Wildman–Crippen MR) is 53.6 cm³/mol. The summed E-state index contributed by atoms with van der Waals surface area (Å²) >= 11 is 6.72. The number of thiocarbonyl (C=S) groups is 1. The van der Waals surface area contributed by atoms with E-state index in [1.807, 2.05) is 0 Å². The predicted octanol–water partition coefficient (Wildman–Crippen LogP) is 2.41. The Labute approximate surface area is 91.8 Å². The minimum absolute atomic E-state index is 0. The molecule has 62 valence electrons. The van der Waals surface area contributed by atoms with Crippen LogP contribution in [-0.2, 0) is 19.5 Å². The minimum atomic E-state index is 0. The maximum absolute atomic E-state index is 5.02. The Hall–Kier alpha value is 0.863. The van der Waals surface area contributed by atoms with Crippen molar-refractivity contribution in [1.82, 2.24) is 5.32 Å². The van der Waals surface area contributed by atoms with Crippen molar-refractivity contribution >= 4 is 28.3 Å². The number of hydrogen-bond acceptors (Lipinski definition) is 2. The fourth-order valence-electron chi connectivity index (χ4n) is 0.549. The third-order valence-corrected chi connectivity index (χ3v) is 2.27. The Balaban J connectivity index is 0. The van der Waals surface area contributed by atoms with Crippen molar-refractivity contribution in [2.45, 2.75) is 26.7 Å². The molecule has 0 aliphatic carbocycles. The molecule has 0 unspecified atom stereocenters. The van der Waals surface area contributed by atoms with Gasteiger partial charge in [-0.15, -0.1) is 0 Å². The van der Waals surface area contributed by atoms with E-state index in [2.05, 4.69) is 19.2 Å². The molecule has 0 saturated heterocycles. The summed E-state index contributed by atoms with van der Waals surface area (Å²) in [5, 5.41) is 3.18. The van der Waals surface area contributed by atoms with E-state index in [1.165, 1.54) is 12.8 Å². The van der Waals surface area contributed by atoms with Crippen LogP contribution in [0.25, 0.3) is 0 Å². The largest absolute Gasteiger partial charge is 0.371 e. The van der Waals surface area contributed by atoms with Crippen LogP contribution in [0.3, 0.4) is 0 Å². The van der Waals surface area contributed by atoms with Crippen molar-refractivity contribution in [3.05, 3.63) is 0 Å². The van der Waals surface area contributed by atoms with Crippen LogP contribution in [0.2, 0.25) is 0 Å². The third-order valence-electron chi connectivity index (χ3n) is 1.08. The molecule has 0 rings (SSSR count). The molecule has 0 aromatic carbocycles. The molecule has 0 spiro atoms. The van der Waals surface area contributed by atoms with Crippen LogP contribution in [-0.4, -0.2) is 16.6 Å². The molecule has 0 bridgehead atoms. The zero-order valence-corrected chi connectivity index (χ0v) is 12.0. The van der Waals surface area contributed by atoms with E-state index in [9.17, 15) is 0 Å². The second-order valence-electron chi connectivity index (χ2n) is 2.00. The van der Waals surface area contributed by atoms with E-state index in [0.29, 0.717) is 0 Å². The van der Waals surface area contributed by atoms with Crippen molar-refractivity contribution < 1.29 is 19.5 Å². The molecule has 0 radical (unpaired) electrons. The molecule has 4 heteroatoms. The third kappa shape index (κ3) is 10.9. The summed E-state index contributed by atoms with van der Waals surface area (Å²) in [6, 6.07) is 0. The monoisotopic (exact) mass is 241 g/mol. The Morgan fingerprint density at radius 3 is 2.55 bits per heavy atom. The van der Waals surface area contributed by atoms with Crippen LogP contribution in [0.15, 0.2) is 0 Å². The van der Waals surface area contributed by atoms with E-state index in [4.69, 9.17) is 12.2 Å². The topological polar surface area (TPSA) is 12.0 Å². The Morgan fingerprint density at radius 1 is 1.45 bits per heavy atom. The standard InChI is InChI=1S/C7H15NS2.Zn/c1-3-5-6-8-7(9)10-4-2;/h3-6H2,1-2H3,(H,8,9);. The molecular formula is C7H15NS2Zn. The smallest absolute Gasteiger partial charge is 0.133 e. The normalized spacial score (nSPS) is 8.55. The van der Waals surface area contributed by atoms with E-state index < -0.39 is 0 Å². The van der Waals surface area contributed by atoms with Crippen molar-refractivity contribution in [2.75, 3.05) is 12.3 Å². The molecule has 0 aliphatic rings. The van der Waals surface area contributed by atoms with Crippen LogP contribution in [0.1, 0.15) is 26.7 Å². The van der Waals surface area contributed by atoms with Gasteiger partial charge < -0.3 is 5.32 Å². The summed E-state index contributed by atoms with van der Waals surface area (Å²) in [4.78, 5) is 0. The summed E-state index contributed by atoms with van der Waals surface area (Å²) < 4.78 is 0.941. The van der Waals surface area contributed by atoms with Gasteiger partial charge in [-0.25, -0.2) is 0 Å². The van der Waals surface area contributed by atoms with Crippen LogP contribution in [0, 0.1) is 0 Å². The van der Waals surface area contributed by atoms with Crippen molar-refractivity contribution in [3.63, 3.8) is 0 Å². The van der Waals surface area contributed by atoms with Gasteiger partial charge in [-0.1, -0.05) is 44.2 Å².